The first-order valence-electron chi connectivity index (χ1n) is 16.6. The van der Waals surface area contributed by atoms with E-state index in [0.29, 0.717) is 19.3 Å². The van der Waals surface area contributed by atoms with E-state index in [9.17, 15) is 24.6 Å². The van der Waals surface area contributed by atoms with Crippen LogP contribution < -0.4 is 0 Å². The molecule has 0 saturated heterocycles. The van der Waals surface area contributed by atoms with Crippen molar-refractivity contribution in [2.24, 2.45) is 11.8 Å². The molecular weight excluding hydrogens is 532 g/mol. The van der Waals surface area contributed by atoms with Crippen molar-refractivity contribution in [3.8, 4) is 0 Å². The van der Waals surface area contributed by atoms with E-state index in [2.05, 4.69) is 13.8 Å². The lowest BCUT2D eigenvalue weighted by Gasteiger charge is -2.13. The molecule has 0 aromatic heterocycles. The quantitative estimate of drug-likeness (QED) is 0.0616. The summed E-state index contributed by atoms with van der Waals surface area (Å²) in [6.07, 6.45) is 26.8. The summed E-state index contributed by atoms with van der Waals surface area (Å²) >= 11 is 0. The van der Waals surface area contributed by atoms with Crippen molar-refractivity contribution in [3.63, 3.8) is 0 Å². The highest BCUT2D eigenvalue weighted by atomic mass is 16.6. The van der Waals surface area contributed by atoms with Gasteiger partial charge in [0.25, 0.3) is 0 Å². The van der Waals surface area contributed by atoms with Gasteiger partial charge in [0.1, 0.15) is 19.3 Å². The van der Waals surface area contributed by atoms with Crippen molar-refractivity contribution < 1.29 is 34.1 Å². The van der Waals surface area contributed by atoms with Crippen molar-refractivity contribution in [2.75, 3.05) is 13.2 Å². The van der Waals surface area contributed by atoms with Crippen molar-refractivity contribution in [2.45, 2.75) is 142 Å². The van der Waals surface area contributed by atoms with Crippen LogP contribution in [0.15, 0.2) is 36.5 Å². The first-order valence-corrected chi connectivity index (χ1v) is 16.6. The van der Waals surface area contributed by atoms with E-state index in [1.807, 2.05) is 24.3 Å². The maximum Gasteiger partial charge on any atom is 0.305 e. The SMILES string of the molecule is CCCCCCCCCCCC(=O)OC[C@@H](O)COC(=O)CCC/C=C\C[C@H]1C=CC(=O)[C@@H]1/C=C/[C@@H](O)CCCCC. The number of allylic oxidation sites excluding steroid dienone is 5. The molecule has 1 aliphatic rings. The lowest BCUT2D eigenvalue weighted by molar-refractivity contribution is -0.152. The molecule has 2 N–H and O–H groups in total. The summed E-state index contributed by atoms with van der Waals surface area (Å²) in [6.45, 7) is 3.99. The molecule has 0 radical (unpaired) electrons. The highest BCUT2D eigenvalue weighted by Gasteiger charge is 2.26. The topological polar surface area (TPSA) is 110 Å². The van der Waals surface area contributed by atoms with Crippen LogP contribution in [0.25, 0.3) is 0 Å². The van der Waals surface area contributed by atoms with Gasteiger partial charge in [-0.1, -0.05) is 115 Å². The molecule has 0 amide bonds. The Morgan fingerprint density at radius 3 is 2.02 bits per heavy atom. The molecule has 0 fully saturated rings. The molecule has 7 heteroatoms. The summed E-state index contributed by atoms with van der Waals surface area (Å²) in [6, 6.07) is 0. The fraction of sp³-hybridized carbons (Fsp3) is 0.743. The predicted octanol–water partition coefficient (Wildman–Crippen LogP) is 7.34. The van der Waals surface area contributed by atoms with Gasteiger partial charge < -0.3 is 19.7 Å². The van der Waals surface area contributed by atoms with Crippen molar-refractivity contribution in [1.29, 1.82) is 0 Å². The van der Waals surface area contributed by atoms with Crippen molar-refractivity contribution >= 4 is 17.7 Å². The van der Waals surface area contributed by atoms with Crippen LogP contribution in [-0.4, -0.2) is 53.4 Å². The number of aliphatic hydroxyl groups excluding tert-OH is 2. The summed E-state index contributed by atoms with van der Waals surface area (Å²) < 4.78 is 10.2. The van der Waals surface area contributed by atoms with Crippen LogP contribution >= 0.6 is 0 Å². The molecule has 4 atom stereocenters. The third-order valence-electron chi connectivity index (χ3n) is 7.63. The molecule has 0 bridgehead atoms. The number of aliphatic hydroxyl groups is 2. The standard InChI is InChI=1S/C35H58O7/c1-3-5-7-8-9-10-11-12-17-21-34(39)41-27-31(37)28-42-35(40)22-18-14-13-16-19-29-23-26-33(38)32(29)25-24-30(36)20-15-6-4-2/h13,16,23-26,29-32,36-37H,3-12,14-15,17-22,27-28H2,1-2H3/b16-13-,25-24+/t29-,30-,31+,32+/m0/s1. The van der Waals surface area contributed by atoms with E-state index in [0.717, 1.165) is 51.4 Å². The number of hydrogen-bond acceptors (Lipinski definition) is 7. The molecule has 0 aromatic rings. The van der Waals surface area contributed by atoms with Crippen LogP contribution in [-0.2, 0) is 23.9 Å². The normalized spacial score (nSPS) is 18.2. The van der Waals surface area contributed by atoms with Gasteiger partial charge >= 0.3 is 11.9 Å². The molecule has 42 heavy (non-hydrogen) atoms. The highest BCUT2D eigenvalue weighted by molar-refractivity contribution is 5.95. The number of esters is 2. The molecule has 0 spiro atoms. The van der Waals surface area contributed by atoms with Gasteiger partial charge in [-0.05, 0) is 44.1 Å². The zero-order valence-electron chi connectivity index (χ0n) is 26.4. The van der Waals surface area contributed by atoms with Crippen LogP contribution in [0.5, 0.6) is 0 Å². The molecular formula is C35H58O7. The number of carbonyl (C=O) groups excluding carboxylic acids is 3. The fourth-order valence-corrected chi connectivity index (χ4v) is 4.96. The number of hydrogen-bond donors (Lipinski definition) is 2. The Morgan fingerprint density at radius 1 is 0.810 bits per heavy atom. The first kappa shape index (κ1) is 37.8. The highest BCUT2D eigenvalue weighted by Crippen LogP contribution is 2.27. The minimum atomic E-state index is -1.03. The van der Waals surface area contributed by atoms with E-state index in [-0.39, 0.29) is 43.2 Å². The van der Waals surface area contributed by atoms with Crippen molar-refractivity contribution in [3.05, 3.63) is 36.5 Å². The summed E-state index contributed by atoms with van der Waals surface area (Å²) in [7, 11) is 0. The number of ether oxygens (including phenoxy) is 2. The zero-order chi connectivity index (χ0) is 30.8. The molecule has 0 aromatic carbocycles. The average molecular weight is 591 g/mol. The number of ketones is 1. The molecule has 0 heterocycles. The molecule has 1 rings (SSSR count). The smallest absolute Gasteiger partial charge is 0.305 e. The Balaban J connectivity index is 2.09. The number of carbonyl (C=O) groups is 3. The summed E-state index contributed by atoms with van der Waals surface area (Å²) in [5.41, 5.74) is 0. The van der Waals surface area contributed by atoms with Crippen molar-refractivity contribution in [1.82, 2.24) is 0 Å². The van der Waals surface area contributed by atoms with Crippen LogP contribution in [0.2, 0.25) is 0 Å². The summed E-state index contributed by atoms with van der Waals surface area (Å²) in [4.78, 5) is 36.1. The van der Waals surface area contributed by atoms with E-state index < -0.39 is 18.2 Å². The van der Waals surface area contributed by atoms with Gasteiger partial charge in [-0.2, -0.15) is 0 Å². The summed E-state index contributed by atoms with van der Waals surface area (Å²) in [5, 5.41) is 20.1. The first-order chi connectivity index (χ1) is 20.4. The van der Waals surface area contributed by atoms with Gasteiger partial charge in [-0.15, -0.1) is 0 Å². The molecule has 0 unspecified atom stereocenters. The van der Waals surface area contributed by atoms with E-state index in [4.69, 9.17) is 9.47 Å². The second-order valence-electron chi connectivity index (χ2n) is 11.6. The monoisotopic (exact) mass is 590 g/mol. The Morgan fingerprint density at radius 2 is 1.38 bits per heavy atom. The lowest BCUT2D eigenvalue weighted by atomic mass is 9.90. The van der Waals surface area contributed by atoms with Gasteiger partial charge in [0.05, 0.1) is 6.10 Å². The van der Waals surface area contributed by atoms with E-state index in [1.54, 1.807) is 12.2 Å². The third-order valence-corrected chi connectivity index (χ3v) is 7.63. The van der Waals surface area contributed by atoms with Gasteiger partial charge in [0, 0.05) is 18.8 Å². The molecule has 0 saturated carbocycles. The van der Waals surface area contributed by atoms with E-state index in [1.165, 1.54) is 38.5 Å². The van der Waals surface area contributed by atoms with Crippen LogP contribution in [0.1, 0.15) is 129 Å². The van der Waals surface area contributed by atoms with Crippen LogP contribution in [0.4, 0.5) is 0 Å². The third kappa shape index (κ3) is 19.8. The zero-order valence-corrected chi connectivity index (χ0v) is 26.4. The van der Waals surface area contributed by atoms with Gasteiger partial charge in [0.2, 0.25) is 0 Å². The molecule has 7 nitrogen and oxygen atoms in total. The molecule has 240 valence electrons. The molecule has 1 aliphatic carbocycles. The van der Waals surface area contributed by atoms with Gasteiger partial charge in [-0.25, -0.2) is 0 Å². The minimum absolute atomic E-state index is 0.0731. The Kier molecular flexibility index (Phi) is 22.7. The summed E-state index contributed by atoms with van der Waals surface area (Å²) in [5.74, 6) is -0.793. The van der Waals surface area contributed by atoms with Gasteiger partial charge in [0.15, 0.2) is 5.78 Å². The fourth-order valence-electron chi connectivity index (χ4n) is 4.96. The maximum atomic E-state index is 12.2. The largest absolute Gasteiger partial charge is 0.463 e. The average Bonchev–Trinajstić information content (AvgIpc) is 3.33. The maximum absolute atomic E-state index is 12.2. The van der Waals surface area contributed by atoms with Gasteiger partial charge in [-0.3, -0.25) is 14.4 Å². The Labute approximate surface area is 254 Å². The Bertz CT molecular complexity index is 816. The second-order valence-corrected chi connectivity index (χ2v) is 11.6. The number of rotatable bonds is 26. The second kappa shape index (κ2) is 25.3. The number of unbranched alkanes of at least 4 members (excludes halogenated alkanes) is 11. The Hall–Kier alpha value is -2.25. The minimum Gasteiger partial charge on any atom is -0.463 e. The molecule has 0 aliphatic heterocycles. The predicted molar refractivity (Wildman–Crippen MR) is 168 cm³/mol. The van der Waals surface area contributed by atoms with Crippen LogP contribution in [0.3, 0.4) is 0 Å². The van der Waals surface area contributed by atoms with E-state index >= 15 is 0 Å². The lowest BCUT2D eigenvalue weighted by Crippen LogP contribution is -2.25. The van der Waals surface area contributed by atoms with Crippen LogP contribution in [0, 0.1) is 11.8 Å².